The van der Waals surface area contributed by atoms with Gasteiger partial charge in [-0.25, -0.2) is 8.42 Å². The molecular weight excluding hydrogens is 337 g/mol. The molecule has 6 nitrogen and oxygen atoms in total. The number of nitrogens with zero attached hydrogens (tertiary/aromatic N) is 2. The second kappa shape index (κ2) is 6.39. The van der Waals surface area contributed by atoms with Crippen molar-refractivity contribution in [2.75, 3.05) is 6.54 Å². The van der Waals surface area contributed by atoms with Gasteiger partial charge in [-0.3, -0.25) is 0 Å². The summed E-state index contributed by atoms with van der Waals surface area (Å²) in [6.07, 6.45) is 2.04. The van der Waals surface area contributed by atoms with E-state index in [2.05, 4.69) is 5.16 Å². The third-order valence-electron chi connectivity index (χ3n) is 3.41. The Labute approximate surface area is 133 Å². The van der Waals surface area contributed by atoms with Gasteiger partial charge in [0.25, 0.3) is 0 Å². The maximum Gasteiger partial charge on any atom is 0.243 e. The van der Waals surface area contributed by atoms with E-state index in [9.17, 15) is 8.42 Å². The average molecular weight is 352 g/mol. The number of piperidine rings is 1. The van der Waals surface area contributed by atoms with Gasteiger partial charge < -0.3 is 10.9 Å². The van der Waals surface area contributed by atoms with Crippen molar-refractivity contribution in [2.24, 2.45) is 10.9 Å². The van der Waals surface area contributed by atoms with E-state index in [0.717, 1.165) is 12.8 Å². The fraction of sp³-hybridized carbons (Fsp3) is 0.417. The van der Waals surface area contributed by atoms with Crippen LogP contribution in [0.25, 0.3) is 0 Å². The first-order valence-electron chi connectivity index (χ1n) is 6.32. The summed E-state index contributed by atoms with van der Waals surface area (Å²) in [5.74, 6) is -0.113. The molecule has 0 spiro atoms. The molecule has 1 atom stereocenters. The maximum absolute atomic E-state index is 12.7. The molecule has 1 aliphatic rings. The van der Waals surface area contributed by atoms with Crippen molar-refractivity contribution in [1.29, 1.82) is 0 Å². The van der Waals surface area contributed by atoms with E-state index < -0.39 is 16.1 Å². The Balaban J connectivity index is 2.42. The minimum Gasteiger partial charge on any atom is -0.409 e. The molecule has 0 aliphatic carbocycles. The predicted molar refractivity (Wildman–Crippen MR) is 81.4 cm³/mol. The van der Waals surface area contributed by atoms with E-state index in [1.165, 1.54) is 22.5 Å². The molecule has 1 aromatic carbocycles. The number of nitrogens with two attached hydrogens (primary N) is 1. The van der Waals surface area contributed by atoms with Crippen LogP contribution in [0.4, 0.5) is 0 Å². The molecule has 3 N–H and O–H groups in total. The molecule has 21 heavy (non-hydrogen) atoms. The molecule has 0 saturated carbocycles. The van der Waals surface area contributed by atoms with Crippen LogP contribution in [0.2, 0.25) is 10.0 Å². The molecular formula is C12H15Cl2N3O3S. The van der Waals surface area contributed by atoms with Gasteiger partial charge in [0.2, 0.25) is 10.0 Å². The van der Waals surface area contributed by atoms with E-state index >= 15 is 0 Å². The molecule has 0 bridgehead atoms. The van der Waals surface area contributed by atoms with E-state index in [0.29, 0.717) is 13.0 Å². The Bertz CT molecular complexity index is 664. The highest BCUT2D eigenvalue weighted by Gasteiger charge is 2.36. The van der Waals surface area contributed by atoms with Crippen molar-refractivity contribution in [3.63, 3.8) is 0 Å². The Hall–Kier alpha value is -1.02. The summed E-state index contributed by atoms with van der Waals surface area (Å²) in [7, 11) is -3.79. The largest absolute Gasteiger partial charge is 0.409 e. The van der Waals surface area contributed by atoms with Crippen molar-refractivity contribution < 1.29 is 13.6 Å². The molecule has 1 aromatic rings. The smallest absolute Gasteiger partial charge is 0.243 e. The first kappa shape index (κ1) is 16.4. The number of sulfonamides is 1. The molecule has 1 heterocycles. The number of benzene rings is 1. The van der Waals surface area contributed by atoms with Gasteiger partial charge >= 0.3 is 0 Å². The monoisotopic (exact) mass is 351 g/mol. The summed E-state index contributed by atoms with van der Waals surface area (Å²) >= 11 is 11.7. The number of rotatable bonds is 3. The minimum absolute atomic E-state index is 0.0366. The number of oxime groups is 1. The van der Waals surface area contributed by atoms with Gasteiger partial charge in [-0.2, -0.15) is 4.31 Å². The average Bonchev–Trinajstić information content (AvgIpc) is 2.49. The van der Waals surface area contributed by atoms with E-state index in [-0.39, 0.29) is 20.8 Å². The summed E-state index contributed by atoms with van der Waals surface area (Å²) in [5.41, 5.74) is 5.61. The Morgan fingerprint density at radius 1 is 1.33 bits per heavy atom. The van der Waals surface area contributed by atoms with E-state index in [4.69, 9.17) is 34.1 Å². The molecule has 9 heteroatoms. The summed E-state index contributed by atoms with van der Waals surface area (Å²) in [5, 5.41) is 12.2. The van der Waals surface area contributed by atoms with Gasteiger partial charge in [0.1, 0.15) is 0 Å². The van der Waals surface area contributed by atoms with Gasteiger partial charge in [-0.15, -0.1) is 0 Å². The Morgan fingerprint density at radius 2 is 2.05 bits per heavy atom. The highest BCUT2D eigenvalue weighted by Crippen LogP contribution is 2.29. The second-order valence-electron chi connectivity index (χ2n) is 4.73. The molecule has 116 valence electrons. The maximum atomic E-state index is 12.7. The Kier molecular flexibility index (Phi) is 4.98. The third kappa shape index (κ3) is 3.26. The lowest BCUT2D eigenvalue weighted by Gasteiger charge is -2.33. The van der Waals surface area contributed by atoms with Gasteiger partial charge in [0, 0.05) is 6.54 Å². The number of amidine groups is 1. The summed E-state index contributed by atoms with van der Waals surface area (Å²) in [6, 6.07) is 3.47. The van der Waals surface area contributed by atoms with Crippen LogP contribution in [-0.2, 0) is 10.0 Å². The van der Waals surface area contributed by atoms with Crippen molar-refractivity contribution in [2.45, 2.75) is 30.2 Å². The summed E-state index contributed by atoms with van der Waals surface area (Å²) < 4.78 is 26.7. The second-order valence-corrected chi connectivity index (χ2v) is 7.43. The highest BCUT2D eigenvalue weighted by atomic mass is 35.5. The van der Waals surface area contributed by atoms with Crippen LogP contribution < -0.4 is 5.73 Å². The fourth-order valence-corrected chi connectivity index (χ4v) is 4.39. The van der Waals surface area contributed by atoms with Crippen LogP contribution in [0.3, 0.4) is 0 Å². The molecule has 2 rings (SSSR count). The molecule has 1 unspecified atom stereocenters. The molecule has 0 aromatic heterocycles. The lowest BCUT2D eigenvalue weighted by Crippen LogP contribution is -2.50. The number of hydrogen-bond donors (Lipinski definition) is 2. The first-order chi connectivity index (χ1) is 9.87. The summed E-state index contributed by atoms with van der Waals surface area (Å²) in [4.78, 5) is 0.0366. The lowest BCUT2D eigenvalue weighted by atomic mass is 10.0. The molecule has 1 saturated heterocycles. The normalized spacial score (nSPS) is 21.4. The SMILES string of the molecule is NC(=NO)C1CCCCN1S(=O)(=O)c1ccc(Cl)c(Cl)c1. The molecule has 0 amide bonds. The van der Waals surface area contributed by atoms with Crippen LogP contribution in [0, 0.1) is 0 Å². The van der Waals surface area contributed by atoms with Crippen molar-refractivity contribution in [3.8, 4) is 0 Å². The third-order valence-corrected chi connectivity index (χ3v) is 6.05. The molecule has 1 aliphatic heterocycles. The van der Waals surface area contributed by atoms with Crippen LogP contribution >= 0.6 is 23.2 Å². The van der Waals surface area contributed by atoms with Crippen molar-refractivity contribution in [1.82, 2.24) is 4.31 Å². The van der Waals surface area contributed by atoms with E-state index in [1.807, 2.05) is 0 Å². The topological polar surface area (TPSA) is 96.0 Å². The summed E-state index contributed by atoms with van der Waals surface area (Å²) in [6.45, 7) is 0.309. The van der Waals surface area contributed by atoms with Crippen LogP contribution in [0.5, 0.6) is 0 Å². The standard InChI is InChI=1S/C12H15Cl2N3O3S/c13-9-5-4-8(7-10(9)14)21(19,20)17-6-2-1-3-11(17)12(15)16-18/h4-5,7,11,18H,1-3,6H2,(H2,15,16). The van der Waals surface area contributed by atoms with Gasteiger partial charge in [0.15, 0.2) is 5.84 Å². The fourth-order valence-electron chi connectivity index (χ4n) is 2.33. The number of hydrogen-bond acceptors (Lipinski definition) is 4. The van der Waals surface area contributed by atoms with Crippen LogP contribution in [-0.4, -0.2) is 36.4 Å². The quantitative estimate of drug-likeness (QED) is 0.378. The highest BCUT2D eigenvalue weighted by molar-refractivity contribution is 7.89. The first-order valence-corrected chi connectivity index (χ1v) is 8.52. The predicted octanol–water partition coefficient (Wildman–Crippen LogP) is 2.28. The van der Waals surface area contributed by atoms with Crippen LogP contribution in [0.15, 0.2) is 28.3 Å². The molecule has 0 radical (unpaired) electrons. The molecule has 1 fully saturated rings. The zero-order valence-corrected chi connectivity index (χ0v) is 13.4. The van der Waals surface area contributed by atoms with E-state index in [1.54, 1.807) is 0 Å². The van der Waals surface area contributed by atoms with Gasteiger partial charge in [-0.05, 0) is 31.0 Å². The van der Waals surface area contributed by atoms with Gasteiger partial charge in [0.05, 0.1) is 21.0 Å². The van der Waals surface area contributed by atoms with Crippen molar-refractivity contribution >= 4 is 39.1 Å². The van der Waals surface area contributed by atoms with Crippen LogP contribution in [0.1, 0.15) is 19.3 Å². The minimum atomic E-state index is -3.79. The Morgan fingerprint density at radius 3 is 2.67 bits per heavy atom. The lowest BCUT2D eigenvalue weighted by molar-refractivity contribution is 0.281. The van der Waals surface area contributed by atoms with Crippen molar-refractivity contribution in [3.05, 3.63) is 28.2 Å². The number of halogens is 2. The van der Waals surface area contributed by atoms with Gasteiger partial charge in [-0.1, -0.05) is 34.8 Å². The zero-order chi connectivity index (χ0) is 15.6. The zero-order valence-electron chi connectivity index (χ0n) is 11.0.